The monoisotopic (exact) mass is 484 g/mol. The minimum atomic E-state index is -1.65. The van der Waals surface area contributed by atoms with Crippen molar-refractivity contribution in [1.29, 1.82) is 0 Å². The smallest absolute Gasteiger partial charge is 0.306 e. The number of ketones is 3. The maximum atomic E-state index is 13.7. The Balaban J connectivity index is 1.28. The summed E-state index contributed by atoms with van der Waals surface area (Å²) in [5.74, 6) is 0.0161. The Labute approximate surface area is 208 Å². The molecule has 0 unspecified atom stereocenters. The molecule has 0 aliphatic heterocycles. The van der Waals surface area contributed by atoms with Crippen LogP contribution >= 0.6 is 0 Å². The van der Waals surface area contributed by atoms with E-state index in [0.29, 0.717) is 38.0 Å². The van der Waals surface area contributed by atoms with E-state index < -0.39 is 23.4 Å². The fourth-order valence-electron chi connectivity index (χ4n) is 8.80. The lowest BCUT2D eigenvalue weighted by atomic mass is 9.46. The van der Waals surface area contributed by atoms with E-state index in [-0.39, 0.29) is 47.1 Å². The summed E-state index contributed by atoms with van der Waals surface area (Å²) in [5.41, 5.74) is -1.68. The summed E-state index contributed by atoms with van der Waals surface area (Å²) in [7, 11) is 0. The maximum absolute atomic E-state index is 13.7. The number of fused-ring (bicyclic) bond motifs is 5. The van der Waals surface area contributed by atoms with E-state index >= 15 is 0 Å². The Bertz CT molecular complexity index is 960. The van der Waals surface area contributed by atoms with Crippen LogP contribution in [0.1, 0.15) is 97.3 Å². The molecule has 0 spiro atoms. The summed E-state index contributed by atoms with van der Waals surface area (Å²) in [6, 6.07) is 0. The van der Waals surface area contributed by atoms with Crippen molar-refractivity contribution in [2.45, 2.75) is 103 Å². The molecule has 0 radical (unpaired) electrons. The minimum absolute atomic E-state index is 0.0632. The zero-order valence-electron chi connectivity index (χ0n) is 21.3. The molecule has 0 bridgehead atoms. The van der Waals surface area contributed by atoms with Gasteiger partial charge in [-0.05, 0) is 67.8 Å². The SMILES string of the molecule is C[C@]12CCC(=O)C=C1CC[C@@H]1[C@@H]2C(=O)C[C@@]2(C)[C@H]1CC[C@]2(O)C(=O)COC(=O)CCC1CCCC1. The van der Waals surface area contributed by atoms with Gasteiger partial charge in [0.1, 0.15) is 11.4 Å². The second kappa shape index (κ2) is 8.93. The van der Waals surface area contributed by atoms with E-state index in [9.17, 15) is 24.3 Å². The summed E-state index contributed by atoms with van der Waals surface area (Å²) < 4.78 is 5.32. The zero-order chi connectivity index (χ0) is 25.0. The Morgan fingerprint density at radius 2 is 1.80 bits per heavy atom. The third kappa shape index (κ3) is 3.95. The average molecular weight is 485 g/mol. The van der Waals surface area contributed by atoms with Crippen molar-refractivity contribution in [3.8, 4) is 0 Å². The molecule has 0 heterocycles. The zero-order valence-corrected chi connectivity index (χ0v) is 21.3. The number of aliphatic hydroxyl groups is 1. The summed E-state index contributed by atoms with van der Waals surface area (Å²) in [5, 5.41) is 11.7. The number of carbonyl (C=O) groups is 4. The van der Waals surface area contributed by atoms with E-state index in [1.165, 1.54) is 12.8 Å². The molecule has 192 valence electrons. The topological polar surface area (TPSA) is 97.7 Å². The molecule has 4 fully saturated rings. The lowest BCUT2D eigenvalue weighted by molar-refractivity contribution is -0.174. The molecule has 0 aromatic heterocycles. The van der Waals surface area contributed by atoms with Gasteiger partial charge < -0.3 is 9.84 Å². The minimum Gasteiger partial charge on any atom is -0.458 e. The Morgan fingerprint density at radius 3 is 2.54 bits per heavy atom. The molecule has 0 saturated heterocycles. The number of ether oxygens (including phenoxy) is 1. The molecule has 6 atom stereocenters. The van der Waals surface area contributed by atoms with Crippen molar-refractivity contribution in [3.05, 3.63) is 11.6 Å². The first-order valence-electron chi connectivity index (χ1n) is 13.8. The third-order valence-corrected chi connectivity index (χ3v) is 10.9. The van der Waals surface area contributed by atoms with Crippen molar-refractivity contribution >= 4 is 23.3 Å². The Morgan fingerprint density at radius 1 is 1.06 bits per heavy atom. The highest BCUT2D eigenvalue weighted by atomic mass is 16.5. The highest BCUT2D eigenvalue weighted by molar-refractivity contribution is 5.95. The van der Waals surface area contributed by atoms with E-state index in [1.807, 2.05) is 6.92 Å². The van der Waals surface area contributed by atoms with Gasteiger partial charge in [-0.25, -0.2) is 0 Å². The highest BCUT2D eigenvalue weighted by Gasteiger charge is 2.68. The first kappa shape index (κ1) is 24.9. The van der Waals surface area contributed by atoms with Crippen LogP contribution in [0.2, 0.25) is 0 Å². The first-order chi connectivity index (χ1) is 16.6. The van der Waals surface area contributed by atoms with Crippen LogP contribution in [0, 0.1) is 34.5 Å². The van der Waals surface area contributed by atoms with E-state index in [0.717, 1.165) is 37.7 Å². The van der Waals surface area contributed by atoms with Crippen LogP contribution in [0.5, 0.6) is 0 Å². The van der Waals surface area contributed by atoms with E-state index in [1.54, 1.807) is 6.08 Å². The standard InChI is InChI=1S/C29H40O6/c1-27-13-11-20(30)15-19(27)8-9-21-22-12-14-29(34,28(22,2)16-23(31)26(21)27)24(32)17-35-25(33)10-7-18-5-3-4-6-18/h15,18,21-22,26,34H,3-14,16-17H2,1-2H3/t21-,22-,26+,27-,28-,29-/m0/s1. The van der Waals surface area contributed by atoms with Gasteiger partial charge in [-0.2, -0.15) is 0 Å². The van der Waals surface area contributed by atoms with Crippen LogP contribution < -0.4 is 0 Å². The molecule has 5 aliphatic rings. The maximum Gasteiger partial charge on any atom is 0.306 e. The predicted molar refractivity (Wildman–Crippen MR) is 129 cm³/mol. The van der Waals surface area contributed by atoms with Gasteiger partial charge in [0.2, 0.25) is 5.78 Å². The number of esters is 1. The van der Waals surface area contributed by atoms with Crippen molar-refractivity contribution < 1.29 is 29.0 Å². The molecule has 35 heavy (non-hydrogen) atoms. The van der Waals surface area contributed by atoms with Crippen LogP contribution in [0.4, 0.5) is 0 Å². The van der Waals surface area contributed by atoms with Crippen LogP contribution in [0.15, 0.2) is 11.6 Å². The van der Waals surface area contributed by atoms with Crippen LogP contribution in [-0.4, -0.2) is 40.6 Å². The highest BCUT2D eigenvalue weighted by Crippen LogP contribution is 2.66. The number of hydrogen-bond donors (Lipinski definition) is 1. The molecule has 6 heteroatoms. The number of carbonyl (C=O) groups excluding carboxylic acids is 4. The number of allylic oxidation sites excluding steroid dienone is 1. The summed E-state index contributed by atoms with van der Waals surface area (Å²) in [6.45, 7) is 3.62. The van der Waals surface area contributed by atoms with Gasteiger partial charge >= 0.3 is 5.97 Å². The van der Waals surface area contributed by atoms with Crippen molar-refractivity contribution in [2.24, 2.45) is 34.5 Å². The Kier molecular flexibility index (Phi) is 6.34. The van der Waals surface area contributed by atoms with Gasteiger partial charge in [0, 0.05) is 30.6 Å². The molecule has 5 aliphatic carbocycles. The average Bonchev–Trinajstić information content (AvgIpc) is 3.43. The van der Waals surface area contributed by atoms with Crippen molar-refractivity contribution in [2.75, 3.05) is 6.61 Å². The van der Waals surface area contributed by atoms with Gasteiger partial charge in [0.15, 0.2) is 12.4 Å². The van der Waals surface area contributed by atoms with Crippen molar-refractivity contribution in [3.63, 3.8) is 0 Å². The van der Waals surface area contributed by atoms with Gasteiger partial charge in [-0.15, -0.1) is 0 Å². The summed E-state index contributed by atoms with van der Waals surface area (Å²) >= 11 is 0. The third-order valence-electron chi connectivity index (χ3n) is 10.9. The molecular weight excluding hydrogens is 444 g/mol. The molecule has 4 saturated carbocycles. The van der Waals surface area contributed by atoms with Gasteiger partial charge in [0.25, 0.3) is 0 Å². The predicted octanol–water partition coefficient (Wildman–Crippen LogP) is 4.51. The van der Waals surface area contributed by atoms with E-state index in [2.05, 4.69) is 6.92 Å². The first-order valence-corrected chi connectivity index (χ1v) is 13.8. The summed E-state index contributed by atoms with van der Waals surface area (Å²) in [4.78, 5) is 51.3. The normalized spacial score (nSPS) is 41.1. The second-order valence-electron chi connectivity index (χ2n) is 12.6. The lowest BCUT2D eigenvalue weighted by Gasteiger charge is -2.57. The fraction of sp³-hybridized carbons (Fsp3) is 0.793. The van der Waals surface area contributed by atoms with Crippen molar-refractivity contribution in [1.82, 2.24) is 0 Å². The van der Waals surface area contributed by atoms with Crippen LogP contribution in [-0.2, 0) is 23.9 Å². The molecule has 0 aromatic carbocycles. The number of rotatable bonds is 6. The van der Waals surface area contributed by atoms with Crippen LogP contribution in [0.3, 0.4) is 0 Å². The van der Waals surface area contributed by atoms with Gasteiger partial charge in [-0.3, -0.25) is 19.2 Å². The molecule has 5 rings (SSSR count). The fourth-order valence-corrected chi connectivity index (χ4v) is 8.80. The molecular formula is C29H40O6. The quantitative estimate of drug-likeness (QED) is 0.557. The molecule has 0 aromatic rings. The van der Waals surface area contributed by atoms with Crippen LogP contribution in [0.25, 0.3) is 0 Å². The van der Waals surface area contributed by atoms with Gasteiger partial charge in [-0.1, -0.05) is 45.1 Å². The van der Waals surface area contributed by atoms with Gasteiger partial charge in [0.05, 0.1) is 0 Å². The summed E-state index contributed by atoms with van der Waals surface area (Å²) in [6.07, 6.45) is 11.6. The molecule has 1 N–H and O–H groups in total. The lowest BCUT2D eigenvalue weighted by Crippen LogP contribution is -2.61. The molecule has 0 amide bonds. The Hall–Kier alpha value is -1.82. The second-order valence-corrected chi connectivity index (χ2v) is 12.6. The number of Topliss-reactive ketones (excluding diaryl/α,β-unsaturated/α-hetero) is 2. The van der Waals surface area contributed by atoms with E-state index in [4.69, 9.17) is 4.74 Å². The largest absolute Gasteiger partial charge is 0.458 e. The molecule has 6 nitrogen and oxygen atoms in total. The number of hydrogen-bond acceptors (Lipinski definition) is 6.